The number of carbonyl (C=O) groups excluding carboxylic acids is 2. The van der Waals surface area contributed by atoms with Crippen LogP contribution in [0.4, 0.5) is 0 Å². The molecule has 0 radical (unpaired) electrons. The van der Waals surface area contributed by atoms with E-state index in [4.69, 9.17) is 23.7 Å². The third-order valence-electron chi connectivity index (χ3n) is 19.6. The van der Waals surface area contributed by atoms with Gasteiger partial charge in [-0.2, -0.15) is 8.42 Å². The van der Waals surface area contributed by atoms with E-state index in [0.29, 0.717) is 54.3 Å². The Morgan fingerprint density at radius 1 is 0.429 bits per heavy atom. The van der Waals surface area contributed by atoms with E-state index in [1.165, 1.54) is 161 Å². The smallest absolute Gasteiger partial charge is 0.397 e. The summed E-state index contributed by atoms with van der Waals surface area (Å²) in [6, 6.07) is 0. The first kappa shape index (κ1) is 85.5. The summed E-state index contributed by atoms with van der Waals surface area (Å²) in [4.78, 5) is 27.8. The number of hydrogen-bond acceptors (Lipinski definition) is 16. The molecule has 0 aromatic rings. The van der Waals surface area contributed by atoms with Gasteiger partial charge < -0.3 is 54.3 Å². The lowest BCUT2D eigenvalue weighted by atomic mass is 9.79. The van der Waals surface area contributed by atoms with Gasteiger partial charge in [0.05, 0.1) is 25.2 Å². The fraction of sp³-hybridized carbons (Fsp3) is 0.973. The molecule has 0 saturated carbocycles. The topological polar surface area (TPSA) is 265 Å². The SMILES string of the molecule is CCCCCCCCCCCCCCCCCC(O)C(C)CC(C)CC(C)CC(C)CC(C)CC(C)CC(C)CC(C)CC(C)C(=O)OC1C(OC2OC(CO)C(O)C(O)C2OS(=O)(=O)O)OC(CO)C(O)C1OC(=O)CCCCCCCCCCCCCCC. The van der Waals surface area contributed by atoms with Crippen LogP contribution in [0.3, 0.4) is 0 Å². The largest absolute Gasteiger partial charge is 0.455 e. The van der Waals surface area contributed by atoms with Crippen LogP contribution in [0.5, 0.6) is 0 Å². The van der Waals surface area contributed by atoms with Crippen molar-refractivity contribution in [2.75, 3.05) is 13.2 Å². The van der Waals surface area contributed by atoms with E-state index in [-0.39, 0.29) is 18.4 Å². The lowest BCUT2D eigenvalue weighted by Crippen LogP contribution is -2.65. The Bertz CT molecular complexity index is 1910. The maximum Gasteiger partial charge on any atom is 0.397 e. The molecule has 2 saturated heterocycles. The van der Waals surface area contributed by atoms with Gasteiger partial charge in [0.1, 0.15) is 30.5 Å². The number of esters is 2. The van der Waals surface area contributed by atoms with Crippen molar-refractivity contribution >= 4 is 22.3 Å². The molecule has 0 aromatic carbocycles. The molecular weight excluding hydrogens is 1180 g/mol. The molecule has 18 heteroatoms. The monoisotopic (exact) mass is 1320 g/mol. The van der Waals surface area contributed by atoms with E-state index in [1.807, 2.05) is 0 Å². The van der Waals surface area contributed by atoms with Gasteiger partial charge in [0.2, 0.25) is 6.29 Å². The van der Waals surface area contributed by atoms with Crippen LogP contribution in [-0.2, 0) is 47.9 Å². The van der Waals surface area contributed by atoms with Crippen molar-refractivity contribution in [3.8, 4) is 0 Å². The summed E-state index contributed by atoms with van der Waals surface area (Å²) in [5, 5.41) is 64.4. The predicted octanol–water partition coefficient (Wildman–Crippen LogP) is 15.5. The maximum absolute atomic E-state index is 14.2. The molecule has 2 heterocycles. The second-order valence-corrected chi connectivity index (χ2v) is 30.7. The second-order valence-electron chi connectivity index (χ2n) is 29.7. The van der Waals surface area contributed by atoms with Crippen molar-refractivity contribution in [3.05, 3.63) is 0 Å². The van der Waals surface area contributed by atoms with Crippen LogP contribution in [-0.4, -0.2) is 136 Å². The van der Waals surface area contributed by atoms with E-state index in [0.717, 1.165) is 64.2 Å². The molecule has 0 bridgehead atoms. The second kappa shape index (κ2) is 49.9. The quantitative estimate of drug-likeness (QED) is 0.0169. The molecule has 540 valence electrons. The van der Waals surface area contributed by atoms with Gasteiger partial charge in [-0.15, -0.1) is 0 Å². The Kier molecular flexibility index (Phi) is 46.9. The minimum atomic E-state index is -5.33. The first-order chi connectivity index (χ1) is 43.3. The Labute approximate surface area is 555 Å². The Morgan fingerprint density at radius 2 is 0.769 bits per heavy atom. The van der Waals surface area contributed by atoms with Gasteiger partial charge in [-0.05, 0) is 112 Å². The molecule has 0 spiro atoms. The van der Waals surface area contributed by atoms with Crippen molar-refractivity contribution in [2.24, 2.45) is 53.3 Å². The minimum Gasteiger partial charge on any atom is -0.455 e. The molecule has 2 aliphatic heterocycles. The van der Waals surface area contributed by atoms with E-state index >= 15 is 0 Å². The molecule has 0 aliphatic carbocycles. The van der Waals surface area contributed by atoms with Crippen molar-refractivity contribution in [1.82, 2.24) is 0 Å². The maximum atomic E-state index is 14.2. The summed E-state index contributed by atoms with van der Waals surface area (Å²) < 4.78 is 67.6. The van der Waals surface area contributed by atoms with Gasteiger partial charge in [-0.3, -0.25) is 14.1 Å². The van der Waals surface area contributed by atoms with Crippen LogP contribution in [0.15, 0.2) is 0 Å². The van der Waals surface area contributed by atoms with E-state index in [1.54, 1.807) is 6.92 Å². The lowest BCUT2D eigenvalue weighted by molar-refractivity contribution is -0.374. The van der Waals surface area contributed by atoms with Gasteiger partial charge in [-0.1, -0.05) is 250 Å². The highest BCUT2D eigenvalue weighted by molar-refractivity contribution is 7.80. The van der Waals surface area contributed by atoms with Crippen molar-refractivity contribution < 1.29 is 81.1 Å². The van der Waals surface area contributed by atoms with Gasteiger partial charge in [0, 0.05) is 6.42 Å². The van der Waals surface area contributed by atoms with E-state index in [2.05, 4.69) is 73.4 Å². The number of carbonyl (C=O) groups is 2. The summed E-state index contributed by atoms with van der Waals surface area (Å²) in [5.41, 5.74) is 0. The average Bonchev–Trinajstić information content (AvgIpc) is 0.836. The molecule has 2 aliphatic rings. The number of aliphatic hydroxyl groups excluding tert-OH is 6. The van der Waals surface area contributed by atoms with Crippen molar-refractivity contribution in [3.63, 3.8) is 0 Å². The zero-order chi connectivity index (χ0) is 67.7. The Hall–Kier alpha value is -1.55. The van der Waals surface area contributed by atoms with Crippen molar-refractivity contribution in [1.29, 1.82) is 0 Å². The summed E-state index contributed by atoms with van der Waals surface area (Å²) >= 11 is 0. The molecule has 0 aromatic heterocycles. The zero-order valence-electron chi connectivity index (χ0n) is 59.5. The molecule has 7 N–H and O–H groups in total. The molecular formula is C73H140O17S. The first-order valence-electron chi connectivity index (χ1n) is 37.3. The van der Waals surface area contributed by atoms with Gasteiger partial charge in [0.15, 0.2) is 24.6 Å². The molecule has 2 fully saturated rings. The van der Waals surface area contributed by atoms with Crippen LogP contribution in [0.25, 0.3) is 0 Å². The number of ether oxygens (including phenoxy) is 5. The van der Waals surface area contributed by atoms with Gasteiger partial charge in [0.25, 0.3) is 0 Å². The van der Waals surface area contributed by atoms with Crippen LogP contribution >= 0.6 is 0 Å². The standard InChI is InChI=1S/C73H140O17S/c1-12-14-16-18-20-22-24-26-27-29-30-32-34-36-38-40-61(76)59(10)48-57(8)46-55(6)44-53(4)42-52(3)43-54(5)45-56(7)47-58(9)49-60(11)71(81)88-70-68(87-64(77)41-39-37-35-33-31-28-25-23-21-19-17-15-13-2)66(79)63(51-75)86-73(70)89-72-69(90-91(82,83)84)67(80)65(78)62(50-74)85-72/h52-63,65-70,72-76,78-80H,12-51H2,1-11H3,(H,82,83,84). The molecule has 20 atom stereocenters. The lowest BCUT2D eigenvalue weighted by Gasteiger charge is -2.46. The zero-order valence-corrected chi connectivity index (χ0v) is 60.3. The third kappa shape index (κ3) is 38.3. The van der Waals surface area contributed by atoms with Crippen LogP contribution in [0, 0.1) is 53.3 Å². The fourth-order valence-corrected chi connectivity index (χ4v) is 15.5. The minimum absolute atomic E-state index is 0.0235. The highest BCUT2D eigenvalue weighted by Crippen LogP contribution is 2.36. The average molecular weight is 1320 g/mol. The molecule has 17 nitrogen and oxygen atoms in total. The number of hydrogen-bond donors (Lipinski definition) is 7. The fourth-order valence-electron chi connectivity index (χ4n) is 15.0. The van der Waals surface area contributed by atoms with Gasteiger partial charge in [-0.25, -0.2) is 4.18 Å². The Balaban J connectivity index is 1.93. The highest BCUT2D eigenvalue weighted by atomic mass is 32.3. The molecule has 20 unspecified atom stereocenters. The van der Waals surface area contributed by atoms with Gasteiger partial charge >= 0.3 is 22.3 Å². The molecule has 0 amide bonds. The first-order valence-corrected chi connectivity index (χ1v) is 38.7. The normalized spacial score (nSPS) is 25.6. The van der Waals surface area contributed by atoms with Crippen LogP contribution < -0.4 is 0 Å². The van der Waals surface area contributed by atoms with Crippen molar-refractivity contribution in [2.45, 2.75) is 388 Å². The molecule has 2 rings (SSSR count). The summed E-state index contributed by atoms with van der Waals surface area (Å²) in [7, 11) is -5.33. The molecule has 91 heavy (non-hydrogen) atoms. The summed E-state index contributed by atoms with van der Waals surface area (Å²) in [6.07, 6.45) is 25.0. The number of unbranched alkanes of at least 4 members (excludes halogenated alkanes) is 26. The number of aliphatic hydroxyl groups is 6. The van der Waals surface area contributed by atoms with Crippen LogP contribution in [0.1, 0.15) is 320 Å². The van der Waals surface area contributed by atoms with E-state index < -0.39 is 103 Å². The van der Waals surface area contributed by atoms with Crippen LogP contribution in [0.2, 0.25) is 0 Å². The number of rotatable bonds is 56. The predicted molar refractivity (Wildman–Crippen MR) is 362 cm³/mol. The highest BCUT2D eigenvalue weighted by Gasteiger charge is 2.55. The summed E-state index contributed by atoms with van der Waals surface area (Å²) in [5.74, 6) is 1.48. The summed E-state index contributed by atoms with van der Waals surface area (Å²) in [6.45, 7) is 22.9. The van der Waals surface area contributed by atoms with E-state index in [9.17, 15) is 53.2 Å². The third-order valence-corrected chi connectivity index (χ3v) is 20.1. The Morgan fingerprint density at radius 3 is 1.15 bits per heavy atom.